The molecule has 15 heteroatoms. The molecular formula is C98H200BN14. The lowest BCUT2D eigenvalue weighted by Gasteiger charge is -2.01. The van der Waals surface area contributed by atoms with Crippen LogP contribution in [0.3, 0.4) is 0 Å². The standard InChI is InChI=1S/3C8H11N.4C7H10N2.C6H9N3.C4H10.18C2H6.B/c1-7(2)8-3-5-9-6-4-8;1-7(2)8-4-3-5-9-6-8;1-7(2)8-5-3-4-6-9-8;1-6(2)7-3-8-5-9-4-7;1-6(2)7-5-8-3-4-9-7;1-6(2)7-3-4-8-5-9-7;1-6(2)7-8-4-3-5-9-7;1-5(2)6-8-3-7-4-9-6;1-4(2)3;18*1-2;/h3*3-7H,1-2H3;4*3-6H,1-2H3;3-5H,1-2H3;4H,1-3H3;18*1-2H3;. The van der Waals surface area contributed by atoms with Crippen LogP contribution in [0, 0.1) is 5.92 Å². The van der Waals surface area contributed by atoms with Crippen molar-refractivity contribution in [2.75, 3.05) is 0 Å². The Hall–Kier alpha value is -7.16. The van der Waals surface area contributed by atoms with Crippen molar-refractivity contribution < 1.29 is 0 Å². The highest BCUT2D eigenvalue weighted by atomic mass is 15.0. The van der Waals surface area contributed by atoms with E-state index < -0.39 is 0 Å². The number of hydrogen-bond acceptors (Lipinski definition) is 14. The van der Waals surface area contributed by atoms with E-state index in [9.17, 15) is 0 Å². The van der Waals surface area contributed by atoms with Gasteiger partial charge in [-0.15, -0.1) is 0 Å². The zero-order valence-electron chi connectivity index (χ0n) is 86.0. The summed E-state index contributed by atoms with van der Waals surface area (Å²) in [5.74, 6) is 6.72. The van der Waals surface area contributed by atoms with Crippen LogP contribution in [-0.2, 0) is 0 Å². The minimum atomic E-state index is 0. The number of aromatic nitrogens is 14. The highest BCUT2D eigenvalue weighted by Gasteiger charge is 2.01. The lowest BCUT2D eigenvalue weighted by atomic mass is 10.1. The highest BCUT2D eigenvalue weighted by molar-refractivity contribution is 5.75. The molecule has 0 fully saturated rings. The first-order valence-electron chi connectivity index (χ1n) is 44.5. The lowest BCUT2D eigenvalue weighted by Crippen LogP contribution is -1.95. The molecule has 0 bridgehead atoms. The third kappa shape index (κ3) is 140. The van der Waals surface area contributed by atoms with Gasteiger partial charge in [0.15, 0.2) is 0 Å². The van der Waals surface area contributed by atoms with Crippen LogP contribution in [0.2, 0.25) is 0 Å². The number of hydrogen-bond donors (Lipinski definition) is 0. The Morgan fingerprint density at radius 3 is 0.699 bits per heavy atom. The molecule has 0 N–H and O–H groups in total. The van der Waals surface area contributed by atoms with E-state index in [-0.39, 0.29) is 8.41 Å². The molecule has 0 aliphatic carbocycles. The maximum atomic E-state index is 4.18. The Labute approximate surface area is 714 Å². The third-order valence-electron chi connectivity index (χ3n) is 9.75. The predicted molar refractivity (Wildman–Crippen MR) is 524 cm³/mol. The van der Waals surface area contributed by atoms with Crippen molar-refractivity contribution in [2.24, 2.45) is 5.92 Å². The molecule has 0 spiro atoms. The van der Waals surface area contributed by atoms with Gasteiger partial charge in [0.25, 0.3) is 0 Å². The molecule has 0 aliphatic rings. The predicted octanol–water partition coefficient (Wildman–Crippen LogP) is 33.8. The summed E-state index contributed by atoms with van der Waals surface area (Å²) in [6, 6.07) is 17.9. The minimum Gasteiger partial charge on any atom is -0.265 e. The van der Waals surface area contributed by atoms with Crippen molar-refractivity contribution in [3.63, 3.8) is 0 Å². The quantitative estimate of drug-likeness (QED) is 0.131. The molecule has 113 heavy (non-hydrogen) atoms. The number of nitrogens with zero attached hydrogens (tertiary/aromatic N) is 14. The van der Waals surface area contributed by atoms with E-state index in [0.29, 0.717) is 47.3 Å². The molecule has 0 aromatic carbocycles. The maximum Gasteiger partial charge on any atom is 0.134 e. The van der Waals surface area contributed by atoms with Gasteiger partial charge in [-0.2, -0.15) is 0 Å². The molecule has 0 aliphatic heterocycles. The smallest absolute Gasteiger partial charge is 0.134 e. The Bertz CT molecular complexity index is 1940. The van der Waals surface area contributed by atoms with Crippen LogP contribution in [-0.4, -0.2) is 78.2 Å². The molecule has 3 radical (unpaired) electrons. The highest BCUT2D eigenvalue weighted by Crippen LogP contribution is 2.13. The van der Waals surface area contributed by atoms with Gasteiger partial charge in [-0.3, -0.25) is 24.9 Å². The molecule has 0 atom stereocenters. The molecule has 8 heterocycles. The fourth-order valence-corrected chi connectivity index (χ4v) is 5.20. The molecule has 8 aromatic rings. The minimum absolute atomic E-state index is 0. The summed E-state index contributed by atoms with van der Waals surface area (Å²) in [5.41, 5.74) is 7.17. The van der Waals surface area contributed by atoms with Crippen LogP contribution in [0.25, 0.3) is 0 Å². The van der Waals surface area contributed by atoms with E-state index in [1.807, 2.05) is 335 Å². The van der Waals surface area contributed by atoms with Crippen LogP contribution in [0.4, 0.5) is 0 Å². The van der Waals surface area contributed by atoms with Gasteiger partial charge in [0.2, 0.25) is 0 Å². The van der Waals surface area contributed by atoms with Crippen molar-refractivity contribution in [3.8, 4) is 0 Å². The first-order chi connectivity index (χ1) is 54.2. The van der Waals surface area contributed by atoms with Crippen molar-refractivity contribution in [1.82, 2.24) is 69.8 Å². The normalized spacial score (nSPS) is 7.72. The van der Waals surface area contributed by atoms with E-state index in [2.05, 4.69) is 207 Å². The Kier molecular flexibility index (Phi) is 225. The van der Waals surface area contributed by atoms with Crippen molar-refractivity contribution >= 4 is 8.41 Å². The van der Waals surface area contributed by atoms with E-state index >= 15 is 0 Å². The average molecular weight is 1590 g/mol. The van der Waals surface area contributed by atoms with E-state index in [0.717, 1.165) is 34.6 Å². The SMILES string of the molecule is CC.CC.CC.CC.CC.CC.CC.CC.CC.CC.CC.CC.CC.CC.CC.CC.CC.CC.CC(C)C.CC(C)c1ccccn1.CC(C)c1cccnc1.CC(C)c1ccncc1.CC(C)c1ccncn1.CC(C)c1cnccn1.CC(C)c1cncnc1.CC(C)c1ncccn1.CC(C)c1ncncn1.[B]. The van der Waals surface area contributed by atoms with Gasteiger partial charge >= 0.3 is 0 Å². The van der Waals surface area contributed by atoms with Crippen LogP contribution < -0.4 is 0 Å². The second kappa shape index (κ2) is 161. The summed E-state index contributed by atoms with van der Waals surface area (Å²) in [5, 5.41) is 0. The summed E-state index contributed by atoms with van der Waals surface area (Å²) in [7, 11) is 0. The molecule has 14 nitrogen and oxygen atoms in total. The third-order valence-corrected chi connectivity index (χ3v) is 9.75. The molecule has 8 aromatic heterocycles. The molecule has 0 unspecified atom stereocenters. The molecule has 8 rings (SSSR count). The zero-order valence-corrected chi connectivity index (χ0v) is 86.0. The fraction of sp³-hybridized carbons (Fsp3) is 0.653. The van der Waals surface area contributed by atoms with E-state index in [1.165, 1.54) is 29.3 Å². The Morgan fingerprint density at radius 1 is 0.177 bits per heavy atom. The van der Waals surface area contributed by atoms with Gasteiger partial charge in [-0.05, 0) is 101 Å². The second-order valence-electron chi connectivity index (χ2n) is 20.3. The number of pyridine rings is 3. The van der Waals surface area contributed by atoms with Gasteiger partial charge in [0.05, 0.1) is 5.69 Å². The fourth-order valence-electron chi connectivity index (χ4n) is 5.20. The topological polar surface area (TPSA) is 180 Å². The maximum absolute atomic E-state index is 4.18. The van der Waals surface area contributed by atoms with Crippen LogP contribution >= 0.6 is 0 Å². The van der Waals surface area contributed by atoms with Crippen LogP contribution in [0.1, 0.15) is 474 Å². The van der Waals surface area contributed by atoms with Crippen LogP contribution in [0.15, 0.2) is 160 Å². The lowest BCUT2D eigenvalue weighted by molar-refractivity contribution is 0.737. The van der Waals surface area contributed by atoms with E-state index in [4.69, 9.17) is 0 Å². The van der Waals surface area contributed by atoms with Crippen molar-refractivity contribution in [2.45, 2.75) is 428 Å². The molecular weight excluding hydrogens is 1380 g/mol. The van der Waals surface area contributed by atoms with E-state index in [1.54, 1.807) is 56.0 Å². The average Bonchev–Trinajstić information content (AvgIpc) is 1.03. The molecule has 665 valence electrons. The largest absolute Gasteiger partial charge is 0.265 e. The summed E-state index contributed by atoms with van der Waals surface area (Å²) in [6.45, 7) is 112. The monoisotopic (exact) mass is 1580 g/mol. The molecule has 0 saturated heterocycles. The van der Waals surface area contributed by atoms with Gasteiger partial charge in [0.1, 0.15) is 37.0 Å². The Morgan fingerprint density at radius 2 is 0.487 bits per heavy atom. The summed E-state index contributed by atoms with van der Waals surface area (Å²) < 4.78 is 0. The van der Waals surface area contributed by atoms with Crippen LogP contribution in [0.5, 0.6) is 0 Å². The first-order valence-corrected chi connectivity index (χ1v) is 44.5. The van der Waals surface area contributed by atoms with Crippen molar-refractivity contribution in [3.05, 3.63) is 206 Å². The molecule has 0 saturated carbocycles. The Balaban J connectivity index is -0.0000000456. The summed E-state index contributed by atoms with van der Waals surface area (Å²) in [6.07, 6.45) is 29.5. The zero-order chi connectivity index (χ0) is 93.1. The number of rotatable bonds is 8. The van der Waals surface area contributed by atoms with Gasteiger partial charge in [0, 0.05) is 112 Å². The summed E-state index contributed by atoms with van der Waals surface area (Å²) in [4.78, 5) is 55.6. The molecule has 0 amide bonds. The summed E-state index contributed by atoms with van der Waals surface area (Å²) >= 11 is 0. The van der Waals surface area contributed by atoms with Gasteiger partial charge in [-0.1, -0.05) is 393 Å². The first kappa shape index (κ1) is 158. The second-order valence-corrected chi connectivity index (χ2v) is 20.3. The van der Waals surface area contributed by atoms with Crippen molar-refractivity contribution in [1.29, 1.82) is 0 Å². The van der Waals surface area contributed by atoms with Gasteiger partial charge in [-0.25, -0.2) is 44.9 Å². The van der Waals surface area contributed by atoms with Gasteiger partial charge < -0.3 is 0 Å².